The lowest BCUT2D eigenvalue weighted by Gasteiger charge is -2.23. The fraction of sp³-hybridized carbons (Fsp3) is 0.455. The maximum Gasteiger partial charge on any atom is 0.157 e. The Hall–Kier alpha value is -3.04. The molecule has 1 aliphatic heterocycles. The number of aryl methyl sites for hydroxylation is 1. The molecule has 0 amide bonds. The van der Waals surface area contributed by atoms with Gasteiger partial charge in [-0.3, -0.25) is 4.68 Å². The predicted molar refractivity (Wildman–Crippen MR) is 114 cm³/mol. The van der Waals surface area contributed by atoms with Crippen molar-refractivity contribution in [2.45, 2.75) is 44.9 Å². The smallest absolute Gasteiger partial charge is 0.157 e. The van der Waals surface area contributed by atoms with Gasteiger partial charge in [0.25, 0.3) is 0 Å². The summed E-state index contributed by atoms with van der Waals surface area (Å²) in [6.07, 6.45) is 12.6. The zero-order valence-corrected chi connectivity index (χ0v) is 17.9. The van der Waals surface area contributed by atoms with E-state index >= 15 is 0 Å². The first kappa shape index (κ1) is 19.9. The first-order valence-corrected chi connectivity index (χ1v) is 10.8. The lowest BCUT2D eigenvalue weighted by atomic mass is 10.1. The number of hydrogen-bond donors (Lipinski definition) is 0. The number of nitrogens with zero attached hydrogens (tertiary/aromatic N) is 7. The maximum absolute atomic E-state index is 5.91. The van der Waals surface area contributed by atoms with Crippen LogP contribution in [0, 0.1) is 0 Å². The fourth-order valence-electron chi connectivity index (χ4n) is 4.05. The molecule has 5 rings (SSSR count). The van der Waals surface area contributed by atoms with Crippen molar-refractivity contribution in [1.29, 1.82) is 0 Å². The van der Waals surface area contributed by atoms with Crippen LogP contribution in [0.4, 0.5) is 0 Å². The Kier molecular flexibility index (Phi) is 5.52. The molecule has 2 atom stereocenters. The highest BCUT2D eigenvalue weighted by molar-refractivity contribution is 5.58. The summed E-state index contributed by atoms with van der Waals surface area (Å²) in [5, 5.41) is 9.08. The molecule has 0 saturated carbocycles. The van der Waals surface area contributed by atoms with Gasteiger partial charge >= 0.3 is 0 Å². The Labute approximate surface area is 180 Å². The van der Waals surface area contributed by atoms with Crippen LogP contribution >= 0.6 is 0 Å². The second-order valence-corrected chi connectivity index (χ2v) is 7.97. The third-order valence-electron chi connectivity index (χ3n) is 5.79. The Morgan fingerprint density at radius 2 is 2.13 bits per heavy atom. The molecule has 0 N–H and O–H groups in total. The van der Waals surface area contributed by atoms with Gasteiger partial charge in [0.15, 0.2) is 11.9 Å². The molecule has 1 unspecified atom stereocenters. The zero-order valence-electron chi connectivity index (χ0n) is 17.9. The van der Waals surface area contributed by atoms with E-state index in [0.29, 0.717) is 6.61 Å². The number of fused-ring (bicyclic) bond motifs is 1. The molecule has 4 aromatic heterocycles. The monoisotopic (exact) mass is 421 g/mol. The summed E-state index contributed by atoms with van der Waals surface area (Å²) in [5.41, 5.74) is 4.77. The molecule has 9 heteroatoms. The van der Waals surface area contributed by atoms with Gasteiger partial charge in [0.2, 0.25) is 0 Å². The van der Waals surface area contributed by atoms with E-state index in [1.807, 2.05) is 54.8 Å². The Balaban J connectivity index is 1.35. The van der Waals surface area contributed by atoms with Crippen molar-refractivity contribution in [1.82, 2.24) is 33.9 Å². The van der Waals surface area contributed by atoms with Crippen LogP contribution in [0.2, 0.25) is 0 Å². The van der Waals surface area contributed by atoms with Gasteiger partial charge in [0, 0.05) is 49.8 Å². The minimum atomic E-state index is -0.0768. The highest BCUT2D eigenvalue weighted by Crippen LogP contribution is 2.26. The molecular formula is C22H27N7O2. The zero-order chi connectivity index (χ0) is 21.2. The van der Waals surface area contributed by atoms with Crippen molar-refractivity contribution in [3.8, 4) is 11.3 Å². The van der Waals surface area contributed by atoms with E-state index in [-0.39, 0.29) is 12.2 Å². The summed E-state index contributed by atoms with van der Waals surface area (Å²) in [7, 11) is 1.90. The Bertz CT molecular complexity index is 1160. The molecule has 1 aliphatic rings. The van der Waals surface area contributed by atoms with Crippen LogP contribution in [0.15, 0.2) is 43.2 Å². The number of rotatable bonds is 7. The second kappa shape index (κ2) is 8.60. The quantitative estimate of drug-likeness (QED) is 0.456. The van der Waals surface area contributed by atoms with E-state index in [1.54, 1.807) is 4.68 Å². The van der Waals surface area contributed by atoms with Crippen molar-refractivity contribution in [2.24, 2.45) is 7.05 Å². The van der Waals surface area contributed by atoms with Crippen LogP contribution < -0.4 is 0 Å². The first-order chi connectivity index (χ1) is 15.2. The van der Waals surface area contributed by atoms with Crippen molar-refractivity contribution < 1.29 is 9.47 Å². The van der Waals surface area contributed by atoms with Crippen molar-refractivity contribution in [3.63, 3.8) is 0 Å². The second-order valence-electron chi connectivity index (χ2n) is 7.97. The maximum atomic E-state index is 5.91. The molecule has 0 aromatic carbocycles. The predicted octanol–water partition coefficient (Wildman–Crippen LogP) is 3.02. The Morgan fingerprint density at radius 1 is 1.19 bits per heavy atom. The van der Waals surface area contributed by atoms with Crippen LogP contribution in [0.25, 0.3) is 16.9 Å². The Morgan fingerprint density at radius 3 is 2.94 bits per heavy atom. The van der Waals surface area contributed by atoms with Crippen LogP contribution in [0.1, 0.15) is 43.5 Å². The van der Waals surface area contributed by atoms with Crippen molar-refractivity contribution in [2.75, 3.05) is 13.2 Å². The molecule has 0 bridgehead atoms. The molecule has 1 saturated heterocycles. The van der Waals surface area contributed by atoms with Crippen LogP contribution in [0.5, 0.6) is 0 Å². The number of aromatic nitrogens is 7. The van der Waals surface area contributed by atoms with Gasteiger partial charge in [-0.1, -0.05) is 6.92 Å². The summed E-state index contributed by atoms with van der Waals surface area (Å²) < 4.78 is 17.4. The van der Waals surface area contributed by atoms with E-state index in [2.05, 4.69) is 26.6 Å². The molecule has 5 heterocycles. The number of hydrogen-bond acceptors (Lipinski definition) is 6. The lowest BCUT2D eigenvalue weighted by molar-refractivity contribution is -0.163. The standard InChI is InChI=1S/C22H27N7O2/c1-16(19-12-23-15-28(19)8-10-31-22-5-3-4-9-30-22)20-13-24-21-7-6-18(26-29(20)21)17-11-25-27(2)14-17/h6-7,11-16,22H,3-5,8-10H2,1-2H3/t16-,22?/m0/s1. The molecule has 0 radical (unpaired) electrons. The number of imidazole rings is 2. The van der Waals surface area contributed by atoms with Gasteiger partial charge in [0.1, 0.15) is 0 Å². The average molecular weight is 422 g/mol. The molecule has 0 spiro atoms. The van der Waals surface area contributed by atoms with Gasteiger partial charge in [-0.2, -0.15) is 10.2 Å². The summed E-state index contributed by atoms with van der Waals surface area (Å²) in [6.45, 7) is 4.27. The van der Waals surface area contributed by atoms with Gasteiger partial charge in [-0.15, -0.1) is 0 Å². The normalized spacial score (nSPS) is 17.9. The van der Waals surface area contributed by atoms with Gasteiger partial charge in [-0.25, -0.2) is 14.5 Å². The van der Waals surface area contributed by atoms with Gasteiger partial charge < -0.3 is 14.0 Å². The van der Waals surface area contributed by atoms with E-state index < -0.39 is 0 Å². The summed E-state index contributed by atoms with van der Waals surface area (Å²) in [4.78, 5) is 8.93. The van der Waals surface area contributed by atoms with Gasteiger partial charge in [0.05, 0.1) is 36.7 Å². The third-order valence-corrected chi connectivity index (χ3v) is 5.79. The summed E-state index contributed by atoms with van der Waals surface area (Å²) in [5.74, 6) is 0.0695. The highest BCUT2D eigenvalue weighted by Gasteiger charge is 2.20. The average Bonchev–Trinajstić information content (AvgIpc) is 3.53. The van der Waals surface area contributed by atoms with Crippen LogP contribution in [0.3, 0.4) is 0 Å². The molecule has 31 heavy (non-hydrogen) atoms. The molecule has 162 valence electrons. The van der Waals surface area contributed by atoms with Crippen molar-refractivity contribution in [3.05, 3.63) is 54.6 Å². The van der Waals surface area contributed by atoms with Gasteiger partial charge in [-0.05, 0) is 31.4 Å². The first-order valence-electron chi connectivity index (χ1n) is 10.8. The van der Waals surface area contributed by atoms with Crippen molar-refractivity contribution >= 4 is 5.65 Å². The SMILES string of the molecule is C[C@@H](c1cncn1CCOC1CCCCO1)c1cnc2ccc(-c3cnn(C)c3)nn12. The topological polar surface area (TPSA) is 84.3 Å². The number of ether oxygens (including phenoxy) is 2. The van der Waals surface area contributed by atoms with E-state index in [0.717, 1.165) is 54.3 Å². The third kappa shape index (κ3) is 4.11. The molecular weight excluding hydrogens is 394 g/mol. The van der Waals surface area contributed by atoms with E-state index in [1.165, 1.54) is 6.42 Å². The fourth-order valence-corrected chi connectivity index (χ4v) is 4.05. The molecule has 1 fully saturated rings. The molecule has 9 nitrogen and oxygen atoms in total. The molecule has 4 aromatic rings. The van der Waals surface area contributed by atoms with E-state index in [9.17, 15) is 0 Å². The lowest BCUT2D eigenvalue weighted by Crippen LogP contribution is -2.24. The van der Waals surface area contributed by atoms with Crippen LogP contribution in [-0.2, 0) is 23.1 Å². The minimum Gasteiger partial charge on any atom is -0.353 e. The van der Waals surface area contributed by atoms with E-state index in [4.69, 9.17) is 14.6 Å². The summed E-state index contributed by atoms with van der Waals surface area (Å²) >= 11 is 0. The minimum absolute atomic E-state index is 0.0695. The largest absolute Gasteiger partial charge is 0.353 e. The van der Waals surface area contributed by atoms with Crippen LogP contribution in [-0.4, -0.2) is 53.4 Å². The summed E-state index contributed by atoms with van der Waals surface area (Å²) in [6, 6.07) is 3.96. The highest BCUT2D eigenvalue weighted by atomic mass is 16.7. The molecule has 0 aliphatic carbocycles.